The molecule has 2 fully saturated rings. The van der Waals surface area contributed by atoms with Crippen molar-refractivity contribution in [2.24, 2.45) is 0 Å². The summed E-state index contributed by atoms with van der Waals surface area (Å²) >= 11 is 0. The number of morpholine rings is 1. The van der Waals surface area contributed by atoms with Gasteiger partial charge < -0.3 is 19.7 Å². The van der Waals surface area contributed by atoms with E-state index >= 15 is 0 Å². The summed E-state index contributed by atoms with van der Waals surface area (Å²) in [5.74, 6) is 0. The molecule has 1 spiro atoms. The van der Waals surface area contributed by atoms with Crippen LogP contribution in [0, 0.1) is 11.3 Å². The van der Waals surface area contributed by atoms with Gasteiger partial charge in [0, 0.05) is 26.1 Å². The van der Waals surface area contributed by atoms with Crippen molar-refractivity contribution in [2.75, 3.05) is 32.8 Å². The summed E-state index contributed by atoms with van der Waals surface area (Å²) in [7, 11) is 0. The van der Waals surface area contributed by atoms with Gasteiger partial charge >= 0.3 is 6.03 Å². The molecule has 6 heteroatoms. The van der Waals surface area contributed by atoms with Crippen LogP contribution in [0.4, 0.5) is 4.79 Å². The number of urea groups is 1. The Morgan fingerprint density at radius 3 is 3.17 bits per heavy atom. The SMILES string of the molecule is C[C@@H]1CN(C(=O)NCCC#N)C[C@]2(CCOC2)O1. The van der Waals surface area contributed by atoms with Gasteiger partial charge in [-0.1, -0.05) is 0 Å². The molecule has 0 radical (unpaired) electrons. The van der Waals surface area contributed by atoms with Gasteiger partial charge in [-0.2, -0.15) is 5.26 Å². The first-order chi connectivity index (χ1) is 8.65. The third-order valence-electron chi connectivity index (χ3n) is 3.28. The van der Waals surface area contributed by atoms with E-state index in [2.05, 4.69) is 5.32 Å². The zero-order valence-corrected chi connectivity index (χ0v) is 10.6. The zero-order valence-electron chi connectivity index (χ0n) is 10.6. The summed E-state index contributed by atoms with van der Waals surface area (Å²) in [6, 6.07) is 1.89. The number of rotatable bonds is 2. The zero-order chi connectivity index (χ0) is 13.0. The Hall–Kier alpha value is -1.32. The molecule has 2 atom stereocenters. The van der Waals surface area contributed by atoms with Crippen molar-refractivity contribution in [1.82, 2.24) is 10.2 Å². The number of ether oxygens (including phenoxy) is 2. The predicted molar refractivity (Wildman–Crippen MR) is 63.9 cm³/mol. The van der Waals surface area contributed by atoms with Crippen LogP contribution in [0.1, 0.15) is 19.8 Å². The first kappa shape index (κ1) is 13.1. The van der Waals surface area contributed by atoms with E-state index in [1.807, 2.05) is 13.0 Å². The molecule has 100 valence electrons. The number of hydrogen-bond acceptors (Lipinski definition) is 4. The average molecular weight is 253 g/mol. The molecule has 6 nitrogen and oxygen atoms in total. The van der Waals surface area contributed by atoms with E-state index in [9.17, 15) is 4.79 Å². The molecule has 0 bridgehead atoms. The van der Waals surface area contributed by atoms with Crippen molar-refractivity contribution in [3.05, 3.63) is 0 Å². The standard InChI is InChI=1S/C12H19N3O3/c1-10-7-15(11(16)14-5-2-4-13)8-12(18-10)3-6-17-9-12/h10H,2-3,5-9H2,1H3,(H,14,16)/t10-,12+/m1/s1. The van der Waals surface area contributed by atoms with Crippen molar-refractivity contribution >= 4 is 6.03 Å². The van der Waals surface area contributed by atoms with Crippen LogP contribution < -0.4 is 5.32 Å². The molecule has 18 heavy (non-hydrogen) atoms. The molecule has 2 amide bonds. The molecule has 0 aliphatic carbocycles. The summed E-state index contributed by atoms with van der Waals surface area (Å²) in [6.45, 7) is 4.76. The number of nitrogens with one attached hydrogen (secondary N) is 1. The maximum Gasteiger partial charge on any atom is 0.317 e. The quantitative estimate of drug-likeness (QED) is 0.727. The van der Waals surface area contributed by atoms with E-state index in [0.717, 1.165) is 6.42 Å². The molecule has 2 saturated heterocycles. The summed E-state index contributed by atoms with van der Waals surface area (Å²) in [5.41, 5.74) is -0.329. The number of carbonyl (C=O) groups is 1. The lowest BCUT2D eigenvalue weighted by Gasteiger charge is -2.42. The van der Waals surface area contributed by atoms with Gasteiger partial charge in [-0.3, -0.25) is 0 Å². The van der Waals surface area contributed by atoms with Gasteiger partial charge in [0.15, 0.2) is 0 Å². The highest BCUT2D eigenvalue weighted by atomic mass is 16.6. The molecule has 2 rings (SSSR count). The van der Waals surface area contributed by atoms with E-state index < -0.39 is 0 Å². The Balaban J connectivity index is 1.92. The van der Waals surface area contributed by atoms with Crippen molar-refractivity contribution in [3.8, 4) is 6.07 Å². The molecule has 0 saturated carbocycles. The minimum Gasteiger partial charge on any atom is -0.378 e. The van der Waals surface area contributed by atoms with Gasteiger partial charge in [-0.15, -0.1) is 0 Å². The summed E-state index contributed by atoms with van der Waals surface area (Å²) in [4.78, 5) is 13.7. The first-order valence-corrected chi connectivity index (χ1v) is 6.30. The second kappa shape index (κ2) is 5.55. The summed E-state index contributed by atoms with van der Waals surface area (Å²) in [5, 5.41) is 11.2. The van der Waals surface area contributed by atoms with Gasteiger partial charge in [-0.25, -0.2) is 4.79 Å². The number of nitrogens with zero attached hydrogens (tertiary/aromatic N) is 2. The lowest BCUT2D eigenvalue weighted by molar-refractivity contribution is -0.136. The first-order valence-electron chi connectivity index (χ1n) is 6.30. The fraction of sp³-hybridized carbons (Fsp3) is 0.833. The maximum atomic E-state index is 12.0. The van der Waals surface area contributed by atoms with Gasteiger partial charge in [0.05, 0.1) is 31.7 Å². The van der Waals surface area contributed by atoms with E-state index in [4.69, 9.17) is 14.7 Å². The maximum absolute atomic E-state index is 12.0. The lowest BCUT2D eigenvalue weighted by atomic mass is 9.99. The van der Waals surface area contributed by atoms with E-state index in [0.29, 0.717) is 39.3 Å². The number of carbonyl (C=O) groups excluding carboxylic acids is 1. The molecule has 2 heterocycles. The van der Waals surface area contributed by atoms with Crippen LogP contribution in [-0.2, 0) is 9.47 Å². The molecule has 2 aliphatic heterocycles. The Labute approximate surface area is 107 Å². The highest BCUT2D eigenvalue weighted by molar-refractivity contribution is 5.74. The molecule has 2 aliphatic rings. The van der Waals surface area contributed by atoms with Crippen molar-refractivity contribution < 1.29 is 14.3 Å². The third kappa shape index (κ3) is 2.92. The number of hydrogen-bond donors (Lipinski definition) is 1. The van der Waals surface area contributed by atoms with Crippen molar-refractivity contribution in [1.29, 1.82) is 5.26 Å². The van der Waals surface area contributed by atoms with Gasteiger partial charge in [0.1, 0.15) is 5.60 Å². The topological polar surface area (TPSA) is 74.6 Å². The molecule has 0 aromatic carbocycles. The van der Waals surface area contributed by atoms with Crippen LogP contribution in [0.3, 0.4) is 0 Å². The molecular formula is C12H19N3O3. The van der Waals surface area contributed by atoms with Crippen LogP contribution in [0.15, 0.2) is 0 Å². The monoisotopic (exact) mass is 253 g/mol. The second-order valence-corrected chi connectivity index (χ2v) is 4.93. The lowest BCUT2D eigenvalue weighted by Crippen LogP contribution is -2.58. The van der Waals surface area contributed by atoms with Crippen LogP contribution in [0.2, 0.25) is 0 Å². The van der Waals surface area contributed by atoms with Gasteiger partial charge in [0.25, 0.3) is 0 Å². The van der Waals surface area contributed by atoms with Crippen LogP contribution in [-0.4, -0.2) is 55.5 Å². The Morgan fingerprint density at radius 2 is 2.50 bits per heavy atom. The van der Waals surface area contributed by atoms with Crippen LogP contribution >= 0.6 is 0 Å². The molecule has 1 N–H and O–H groups in total. The molecule has 0 aromatic heterocycles. The van der Waals surface area contributed by atoms with E-state index in [1.54, 1.807) is 4.90 Å². The smallest absolute Gasteiger partial charge is 0.317 e. The Morgan fingerprint density at radius 1 is 1.67 bits per heavy atom. The summed E-state index contributed by atoms with van der Waals surface area (Å²) < 4.78 is 11.3. The molecular weight excluding hydrogens is 234 g/mol. The van der Waals surface area contributed by atoms with Crippen LogP contribution in [0.25, 0.3) is 0 Å². The minimum atomic E-state index is -0.329. The molecule has 0 unspecified atom stereocenters. The summed E-state index contributed by atoms with van der Waals surface area (Å²) in [6.07, 6.45) is 1.18. The predicted octanol–water partition coefficient (Wildman–Crippen LogP) is 0.489. The fourth-order valence-corrected chi connectivity index (χ4v) is 2.52. The highest BCUT2D eigenvalue weighted by Gasteiger charge is 2.43. The van der Waals surface area contributed by atoms with Crippen LogP contribution in [0.5, 0.6) is 0 Å². The Kier molecular flexibility index (Phi) is 4.04. The van der Waals surface area contributed by atoms with Crippen molar-refractivity contribution in [3.63, 3.8) is 0 Å². The largest absolute Gasteiger partial charge is 0.378 e. The highest BCUT2D eigenvalue weighted by Crippen LogP contribution is 2.29. The number of nitriles is 1. The second-order valence-electron chi connectivity index (χ2n) is 4.93. The van der Waals surface area contributed by atoms with E-state index in [-0.39, 0.29) is 17.7 Å². The van der Waals surface area contributed by atoms with Gasteiger partial charge in [0.2, 0.25) is 0 Å². The number of amides is 2. The van der Waals surface area contributed by atoms with Gasteiger partial charge in [-0.05, 0) is 6.92 Å². The van der Waals surface area contributed by atoms with E-state index in [1.165, 1.54) is 0 Å². The minimum absolute atomic E-state index is 0.0159. The van der Waals surface area contributed by atoms with Crippen molar-refractivity contribution in [2.45, 2.75) is 31.5 Å². The Bertz CT molecular complexity index is 347. The normalized spacial score (nSPS) is 31.3. The fourth-order valence-electron chi connectivity index (χ4n) is 2.52. The molecule has 0 aromatic rings. The average Bonchev–Trinajstić information content (AvgIpc) is 2.76. The third-order valence-corrected chi connectivity index (χ3v) is 3.28.